The van der Waals surface area contributed by atoms with E-state index >= 15 is 0 Å². The van der Waals surface area contributed by atoms with Gasteiger partial charge in [0.2, 0.25) is 5.88 Å². The maximum absolute atomic E-state index is 13.7. The first kappa shape index (κ1) is 24.1. The van der Waals surface area contributed by atoms with Crippen molar-refractivity contribution in [3.63, 3.8) is 0 Å². The smallest absolute Gasteiger partial charge is 0.344 e. The van der Waals surface area contributed by atoms with E-state index in [1.165, 1.54) is 0 Å². The Hall–Kier alpha value is -5.76. The third-order valence-electron chi connectivity index (χ3n) is 7.43. The fourth-order valence-electron chi connectivity index (χ4n) is 5.50. The number of para-hydroxylation sites is 1. The molecule has 0 spiro atoms. The topological polar surface area (TPSA) is 91.8 Å². The van der Waals surface area contributed by atoms with Crippen LogP contribution in [0.2, 0.25) is 0 Å². The number of nitrogens with zero attached hydrogens (tertiary/aromatic N) is 4. The van der Waals surface area contributed by atoms with Gasteiger partial charge in [0, 0.05) is 5.56 Å². The van der Waals surface area contributed by atoms with Crippen molar-refractivity contribution in [3.05, 3.63) is 148 Å². The van der Waals surface area contributed by atoms with E-state index in [1.807, 2.05) is 103 Å². The summed E-state index contributed by atoms with van der Waals surface area (Å²) in [4.78, 5) is 23.2. The first-order chi connectivity index (χ1) is 20.7. The van der Waals surface area contributed by atoms with Gasteiger partial charge in [-0.1, -0.05) is 84.9 Å². The standard InChI is InChI=1S/C34H22N4O4/c39-34-28-27(23-14-9-15-24(18-23)40-19-21-10-3-1-4-11-21)29-32-36-31(22-12-5-2-6-13-22)37-38(32)20-35-33(29)42-30(28)25-16-7-8-17-26(25)41-34/h1-18,20,27H,19H2. The minimum absolute atomic E-state index is 0.360. The Morgan fingerprint density at radius 2 is 1.62 bits per heavy atom. The van der Waals surface area contributed by atoms with Gasteiger partial charge in [0.15, 0.2) is 17.2 Å². The van der Waals surface area contributed by atoms with E-state index < -0.39 is 11.5 Å². The summed E-state index contributed by atoms with van der Waals surface area (Å²) in [5.74, 6) is 1.39. The quantitative estimate of drug-likeness (QED) is 0.219. The van der Waals surface area contributed by atoms with E-state index in [4.69, 9.17) is 18.9 Å². The first-order valence-corrected chi connectivity index (χ1v) is 13.5. The van der Waals surface area contributed by atoms with Gasteiger partial charge in [-0.2, -0.15) is 0 Å². The third-order valence-corrected chi connectivity index (χ3v) is 7.43. The predicted molar refractivity (Wildman–Crippen MR) is 157 cm³/mol. The summed E-state index contributed by atoms with van der Waals surface area (Å²) in [7, 11) is 0. The molecule has 4 aromatic carbocycles. The monoisotopic (exact) mass is 550 g/mol. The molecular formula is C34H22N4O4. The molecule has 8 rings (SSSR count). The van der Waals surface area contributed by atoms with Crippen LogP contribution in [0.5, 0.6) is 17.4 Å². The number of hydrogen-bond acceptors (Lipinski definition) is 7. The van der Waals surface area contributed by atoms with Gasteiger partial charge in [-0.3, -0.25) is 0 Å². The molecule has 0 saturated heterocycles. The number of ether oxygens (including phenoxy) is 2. The van der Waals surface area contributed by atoms with Crippen LogP contribution < -0.4 is 15.1 Å². The Balaban J connectivity index is 1.33. The molecule has 3 aromatic heterocycles. The molecule has 0 fully saturated rings. The number of benzene rings is 4. The highest BCUT2D eigenvalue weighted by molar-refractivity contribution is 5.87. The minimum atomic E-state index is -0.603. The summed E-state index contributed by atoms with van der Waals surface area (Å²) in [6.45, 7) is 0.411. The number of fused-ring (bicyclic) bond motifs is 6. The van der Waals surface area contributed by atoms with Gasteiger partial charge < -0.3 is 13.9 Å². The van der Waals surface area contributed by atoms with Crippen LogP contribution >= 0.6 is 0 Å². The molecule has 0 aliphatic carbocycles. The average Bonchev–Trinajstić information content (AvgIpc) is 3.49. The Morgan fingerprint density at radius 3 is 2.48 bits per heavy atom. The molecule has 0 amide bonds. The molecule has 4 heterocycles. The Kier molecular flexibility index (Phi) is 5.56. The molecule has 1 atom stereocenters. The summed E-state index contributed by atoms with van der Waals surface area (Å²) in [6.07, 6.45) is 1.59. The minimum Gasteiger partial charge on any atom is -0.489 e. The van der Waals surface area contributed by atoms with Crippen molar-refractivity contribution in [2.24, 2.45) is 0 Å². The normalized spacial score (nSPS) is 13.9. The van der Waals surface area contributed by atoms with Crippen LogP contribution in [-0.4, -0.2) is 19.6 Å². The lowest BCUT2D eigenvalue weighted by molar-refractivity contribution is 0.306. The summed E-state index contributed by atoms with van der Waals surface area (Å²) in [5, 5.41) is 5.38. The summed E-state index contributed by atoms with van der Waals surface area (Å²) in [6, 6.07) is 34.8. The maximum atomic E-state index is 13.7. The fourth-order valence-corrected chi connectivity index (χ4v) is 5.50. The zero-order chi connectivity index (χ0) is 28.0. The van der Waals surface area contributed by atoms with Gasteiger partial charge in [0.05, 0.1) is 22.4 Å². The SMILES string of the molecule is O=c1oc2ccccc2c2c1C(c1cccc(OCc3ccccc3)c1)c1c(ncn3nc(-c4ccccc4)nc13)O2. The maximum Gasteiger partial charge on any atom is 0.344 e. The van der Waals surface area contributed by atoms with Crippen molar-refractivity contribution >= 4 is 16.6 Å². The Bertz CT molecular complexity index is 2160. The van der Waals surface area contributed by atoms with Gasteiger partial charge >= 0.3 is 5.63 Å². The molecule has 8 heteroatoms. The van der Waals surface area contributed by atoms with Crippen molar-refractivity contribution in [1.29, 1.82) is 0 Å². The van der Waals surface area contributed by atoms with Crippen molar-refractivity contribution in [2.75, 3.05) is 0 Å². The summed E-state index contributed by atoms with van der Waals surface area (Å²) < 4.78 is 20.0. The van der Waals surface area contributed by atoms with Crippen molar-refractivity contribution < 1.29 is 13.9 Å². The van der Waals surface area contributed by atoms with Crippen LogP contribution in [0.1, 0.15) is 28.2 Å². The zero-order valence-corrected chi connectivity index (χ0v) is 22.2. The molecule has 1 aliphatic heterocycles. The van der Waals surface area contributed by atoms with E-state index in [0.29, 0.717) is 57.6 Å². The van der Waals surface area contributed by atoms with E-state index in [2.05, 4.69) is 10.1 Å². The molecule has 0 radical (unpaired) electrons. The lowest BCUT2D eigenvalue weighted by Gasteiger charge is -2.27. The molecule has 0 bridgehead atoms. The highest BCUT2D eigenvalue weighted by atomic mass is 16.5. The molecule has 8 nitrogen and oxygen atoms in total. The second-order valence-electron chi connectivity index (χ2n) is 10.0. The van der Waals surface area contributed by atoms with Gasteiger partial charge in [0.1, 0.15) is 24.3 Å². The molecule has 0 saturated carbocycles. The average molecular weight is 551 g/mol. The third kappa shape index (κ3) is 4.00. The van der Waals surface area contributed by atoms with E-state index in [1.54, 1.807) is 16.9 Å². The number of aromatic nitrogens is 4. The number of rotatable bonds is 5. The van der Waals surface area contributed by atoms with E-state index in [-0.39, 0.29) is 0 Å². The van der Waals surface area contributed by atoms with Crippen LogP contribution in [0.25, 0.3) is 28.0 Å². The predicted octanol–water partition coefficient (Wildman–Crippen LogP) is 6.76. The van der Waals surface area contributed by atoms with Crippen molar-refractivity contribution in [1.82, 2.24) is 19.6 Å². The van der Waals surface area contributed by atoms with Gasteiger partial charge in [-0.15, -0.1) is 5.10 Å². The molecule has 1 aliphatic rings. The van der Waals surface area contributed by atoms with E-state index in [0.717, 1.165) is 16.7 Å². The Morgan fingerprint density at radius 1 is 0.833 bits per heavy atom. The van der Waals surface area contributed by atoms with Gasteiger partial charge in [-0.05, 0) is 35.4 Å². The van der Waals surface area contributed by atoms with E-state index in [9.17, 15) is 4.79 Å². The molecule has 1 unspecified atom stereocenters. The highest BCUT2D eigenvalue weighted by Gasteiger charge is 2.37. The molecule has 202 valence electrons. The van der Waals surface area contributed by atoms with Gasteiger partial charge in [-0.25, -0.2) is 19.3 Å². The molecule has 42 heavy (non-hydrogen) atoms. The van der Waals surface area contributed by atoms with Crippen molar-refractivity contribution in [3.8, 4) is 28.8 Å². The van der Waals surface area contributed by atoms with Crippen LogP contribution in [-0.2, 0) is 6.61 Å². The Labute approximate surface area is 239 Å². The van der Waals surface area contributed by atoms with Gasteiger partial charge in [0.25, 0.3) is 0 Å². The number of hydrogen-bond donors (Lipinski definition) is 0. The largest absolute Gasteiger partial charge is 0.489 e. The van der Waals surface area contributed by atoms with Crippen LogP contribution in [0.3, 0.4) is 0 Å². The van der Waals surface area contributed by atoms with Crippen molar-refractivity contribution in [2.45, 2.75) is 12.5 Å². The molecule has 7 aromatic rings. The second kappa shape index (κ2) is 9.71. The summed E-state index contributed by atoms with van der Waals surface area (Å²) in [5.41, 5.74) is 4.23. The van der Waals surface area contributed by atoms with Crippen LogP contribution in [0, 0.1) is 0 Å². The first-order valence-electron chi connectivity index (χ1n) is 13.5. The lowest BCUT2D eigenvalue weighted by Crippen LogP contribution is -2.22. The second-order valence-corrected chi connectivity index (χ2v) is 10.0. The fraction of sp³-hybridized carbons (Fsp3) is 0.0588. The molecular weight excluding hydrogens is 528 g/mol. The zero-order valence-electron chi connectivity index (χ0n) is 22.2. The summed E-state index contributed by atoms with van der Waals surface area (Å²) >= 11 is 0. The lowest BCUT2D eigenvalue weighted by atomic mass is 9.84. The molecule has 0 N–H and O–H groups in total. The van der Waals surface area contributed by atoms with Crippen LogP contribution in [0.4, 0.5) is 0 Å². The van der Waals surface area contributed by atoms with Crippen LogP contribution in [0.15, 0.2) is 125 Å². The highest BCUT2D eigenvalue weighted by Crippen LogP contribution is 2.49.